The van der Waals surface area contributed by atoms with Gasteiger partial charge in [0.15, 0.2) is 5.78 Å². The summed E-state index contributed by atoms with van der Waals surface area (Å²) in [6.07, 6.45) is 4.34. The fourth-order valence-corrected chi connectivity index (χ4v) is 2.65. The summed E-state index contributed by atoms with van der Waals surface area (Å²) < 4.78 is 5.19. The molecule has 0 atom stereocenters. The van der Waals surface area contributed by atoms with Crippen LogP contribution in [-0.2, 0) is 6.54 Å². The smallest absolute Gasteiger partial charge is 0.193 e. The van der Waals surface area contributed by atoms with Crippen LogP contribution in [0.25, 0.3) is 0 Å². The van der Waals surface area contributed by atoms with E-state index in [9.17, 15) is 4.79 Å². The molecule has 3 heteroatoms. The van der Waals surface area contributed by atoms with E-state index in [1.165, 1.54) is 0 Å². The van der Waals surface area contributed by atoms with E-state index in [0.29, 0.717) is 11.3 Å². The zero-order valence-electron chi connectivity index (χ0n) is 12.7. The maximum absolute atomic E-state index is 12.6. The highest BCUT2D eigenvalue weighted by Gasteiger charge is 2.12. The molecular formula is C19H19NO2. The topological polar surface area (TPSA) is 29.5 Å². The molecule has 0 saturated heterocycles. The first-order valence-electron chi connectivity index (χ1n) is 7.41. The Morgan fingerprint density at radius 1 is 1.05 bits per heavy atom. The van der Waals surface area contributed by atoms with Gasteiger partial charge < -0.3 is 4.74 Å². The van der Waals surface area contributed by atoms with Crippen molar-refractivity contribution in [3.63, 3.8) is 0 Å². The van der Waals surface area contributed by atoms with Gasteiger partial charge in [0.2, 0.25) is 0 Å². The third-order valence-electron chi connectivity index (χ3n) is 3.82. The lowest BCUT2D eigenvalue weighted by Gasteiger charge is -2.15. The van der Waals surface area contributed by atoms with E-state index >= 15 is 0 Å². The number of hydrogen-bond donors (Lipinski definition) is 0. The number of carbonyl (C=O) groups is 1. The van der Waals surface area contributed by atoms with Crippen LogP contribution in [0.4, 0.5) is 0 Å². The largest absolute Gasteiger partial charge is 0.497 e. The first kappa shape index (κ1) is 14.5. The van der Waals surface area contributed by atoms with E-state index in [1.54, 1.807) is 13.2 Å². The molecule has 3 nitrogen and oxygen atoms in total. The van der Waals surface area contributed by atoms with Crippen molar-refractivity contribution < 1.29 is 9.53 Å². The molecule has 0 spiro atoms. The van der Waals surface area contributed by atoms with Crippen LogP contribution in [0.15, 0.2) is 60.7 Å². The van der Waals surface area contributed by atoms with Gasteiger partial charge in [-0.25, -0.2) is 0 Å². The molecule has 0 amide bonds. The van der Waals surface area contributed by atoms with Crippen molar-refractivity contribution in [2.45, 2.75) is 6.54 Å². The summed E-state index contributed by atoms with van der Waals surface area (Å²) in [5.41, 5.74) is 2.54. The molecule has 0 fully saturated rings. The lowest BCUT2D eigenvalue weighted by molar-refractivity contribution is 0.103. The van der Waals surface area contributed by atoms with Gasteiger partial charge in [-0.3, -0.25) is 9.69 Å². The van der Waals surface area contributed by atoms with E-state index < -0.39 is 0 Å². The van der Waals surface area contributed by atoms with Crippen LogP contribution >= 0.6 is 0 Å². The molecule has 0 aromatic heterocycles. The Hall–Kier alpha value is -2.39. The van der Waals surface area contributed by atoms with Crippen LogP contribution in [0.1, 0.15) is 21.5 Å². The first-order chi connectivity index (χ1) is 10.8. The standard InChI is InChI=1S/C19H19NO2/c1-22-18-9-5-8-17(13-18)19(21)16-7-4-6-15(12-16)14-20-10-2-3-11-20/h2-9,12-13H,10-11,14H2,1H3. The average molecular weight is 293 g/mol. The molecule has 0 saturated carbocycles. The summed E-state index contributed by atoms with van der Waals surface area (Å²) in [6, 6.07) is 15.2. The van der Waals surface area contributed by atoms with Crippen molar-refractivity contribution in [1.82, 2.24) is 4.90 Å². The summed E-state index contributed by atoms with van der Waals surface area (Å²) in [5, 5.41) is 0. The van der Waals surface area contributed by atoms with Gasteiger partial charge in [0.25, 0.3) is 0 Å². The maximum atomic E-state index is 12.6. The van der Waals surface area contributed by atoms with Crippen molar-refractivity contribution in [2.24, 2.45) is 0 Å². The van der Waals surface area contributed by atoms with Crippen LogP contribution in [0.5, 0.6) is 5.75 Å². The third kappa shape index (κ3) is 3.26. The quantitative estimate of drug-likeness (QED) is 0.626. The Morgan fingerprint density at radius 3 is 2.45 bits per heavy atom. The highest BCUT2D eigenvalue weighted by molar-refractivity contribution is 6.09. The molecular weight excluding hydrogens is 274 g/mol. The molecule has 1 heterocycles. The summed E-state index contributed by atoms with van der Waals surface area (Å²) in [4.78, 5) is 15.0. The Labute approximate surface area is 130 Å². The van der Waals surface area contributed by atoms with E-state index in [-0.39, 0.29) is 5.78 Å². The zero-order valence-corrected chi connectivity index (χ0v) is 12.7. The molecule has 1 aliphatic heterocycles. The molecule has 112 valence electrons. The van der Waals surface area contributed by atoms with Crippen LogP contribution in [-0.4, -0.2) is 30.9 Å². The molecule has 2 aromatic carbocycles. The number of carbonyl (C=O) groups excluding carboxylic acids is 1. The minimum Gasteiger partial charge on any atom is -0.497 e. The summed E-state index contributed by atoms with van der Waals surface area (Å²) in [7, 11) is 1.61. The van der Waals surface area contributed by atoms with Gasteiger partial charge >= 0.3 is 0 Å². The Bertz CT molecular complexity index is 698. The molecule has 3 rings (SSSR count). The summed E-state index contributed by atoms with van der Waals surface area (Å²) >= 11 is 0. The van der Waals surface area contributed by atoms with E-state index in [0.717, 1.165) is 30.8 Å². The Balaban J connectivity index is 1.79. The number of benzene rings is 2. The second-order valence-electron chi connectivity index (χ2n) is 5.43. The summed E-state index contributed by atoms with van der Waals surface area (Å²) in [5.74, 6) is 0.727. The minimum atomic E-state index is 0.0281. The lowest BCUT2D eigenvalue weighted by Crippen LogP contribution is -2.19. The molecule has 0 N–H and O–H groups in total. The van der Waals surface area contributed by atoms with Crippen LogP contribution in [0.2, 0.25) is 0 Å². The number of ether oxygens (including phenoxy) is 1. The van der Waals surface area contributed by atoms with Gasteiger partial charge in [-0.05, 0) is 23.8 Å². The zero-order chi connectivity index (χ0) is 15.4. The van der Waals surface area contributed by atoms with Crippen LogP contribution < -0.4 is 4.74 Å². The van der Waals surface area contributed by atoms with Gasteiger partial charge in [-0.1, -0.05) is 42.5 Å². The number of hydrogen-bond acceptors (Lipinski definition) is 3. The molecule has 22 heavy (non-hydrogen) atoms. The highest BCUT2D eigenvalue weighted by atomic mass is 16.5. The third-order valence-corrected chi connectivity index (χ3v) is 3.82. The predicted octanol–water partition coefficient (Wildman–Crippen LogP) is 3.30. The lowest BCUT2D eigenvalue weighted by atomic mass is 10.0. The van der Waals surface area contributed by atoms with E-state index in [1.807, 2.05) is 36.4 Å². The number of methoxy groups -OCH3 is 1. The fourth-order valence-electron chi connectivity index (χ4n) is 2.65. The maximum Gasteiger partial charge on any atom is 0.193 e. The van der Waals surface area contributed by atoms with Crippen molar-refractivity contribution in [3.05, 3.63) is 77.4 Å². The van der Waals surface area contributed by atoms with Crippen molar-refractivity contribution in [2.75, 3.05) is 20.2 Å². The van der Waals surface area contributed by atoms with E-state index in [4.69, 9.17) is 4.74 Å². The van der Waals surface area contributed by atoms with Gasteiger partial charge in [0.05, 0.1) is 7.11 Å². The monoisotopic (exact) mass is 293 g/mol. The fraction of sp³-hybridized carbons (Fsp3) is 0.211. The second kappa shape index (κ2) is 6.58. The van der Waals surface area contributed by atoms with Gasteiger partial charge in [0.1, 0.15) is 5.75 Å². The molecule has 0 aliphatic carbocycles. The van der Waals surface area contributed by atoms with Crippen molar-refractivity contribution >= 4 is 5.78 Å². The number of ketones is 1. The van der Waals surface area contributed by atoms with Crippen molar-refractivity contribution in [3.8, 4) is 5.75 Å². The molecule has 0 radical (unpaired) electrons. The Kier molecular flexibility index (Phi) is 4.35. The molecule has 1 aliphatic rings. The van der Waals surface area contributed by atoms with Crippen LogP contribution in [0.3, 0.4) is 0 Å². The van der Waals surface area contributed by atoms with Crippen LogP contribution in [0, 0.1) is 0 Å². The van der Waals surface area contributed by atoms with Gasteiger partial charge in [-0.2, -0.15) is 0 Å². The first-order valence-corrected chi connectivity index (χ1v) is 7.41. The average Bonchev–Trinajstić information content (AvgIpc) is 3.07. The Morgan fingerprint density at radius 2 is 1.73 bits per heavy atom. The van der Waals surface area contributed by atoms with E-state index in [2.05, 4.69) is 23.1 Å². The highest BCUT2D eigenvalue weighted by Crippen LogP contribution is 2.18. The second-order valence-corrected chi connectivity index (χ2v) is 5.43. The van der Waals surface area contributed by atoms with Gasteiger partial charge in [0, 0.05) is 30.8 Å². The molecule has 0 bridgehead atoms. The number of nitrogens with zero attached hydrogens (tertiary/aromatic N) is 1. The SMILES string of the molecule is COc1cccc(C(=O)c2cccc(CN3CC=CC3)c2)c1. The number of rotatable bonds is 5. The predicted molar refractivity (Wildman–Crippen MR) is 87.3 cm³/mol. The molecule has 2 aromatic rings. The van der Waals surface area contributed by atoms with Gasteiger partial charge in [-0.15, -0.1) is 0 Å². The van der Waals surface area contributed by atoms with Crippen molar-refractivity contribution in [1.29, 1.82) is 0 Å². The molecule has 0 unspecified atom stereocenters. The normalized spacial score (nSPS) is 14.2. The minimum absolute atomic E-state index is 0.0281. The summed E-state index contributed by atoms with van der Waals surface area (Å²) in [6.45, 7) is 2.83.